The predicted molar refractivity (Wildman–Crippen MR) is 61.2 cm³/mol. The number of nitrogens with one attached hydrogen (secondary N) is 1. The number of rotatable bonds is 6. The molecule has 0 saturated heterocycles. The van der Waals surface area contributed by atoms with E-state index in [-0.39, 0.29) is 11.3 Å². The van der Waals surface area contributed by atoms with Gasteiger partial charge in [0, 0.05) is 13.0 Å². The molecule has 0 aliphatic rings. The van der Waals surface area contributed by atoms with Crippen molar-refractivity contribution in [2.75, 3.05) is 6.54 Å². The number of carbonyl (C=O) groups excluding carboxylic acids is 1. The maximum absolute atomic E-state index is 11.4. The van der Waals surface area contributed by atoms with Crippen molar-refractivity contribution in [1.82, 2.24) is 5.32 Å². The van der Waals surface area contributed by atoms with Crippen LogP contribution in [0.5, 0.6) is 0 Å². The van der Waals surface area contributed by atoms with E-state index in [1.165, 1.54) is 19.3 Å². The second-order valence-corrected chi connectivity index (χ2v) is 5.15. The fourth-order valence-corrected chi connectivity index (χ4v) is 1.32. The van der Waals surface area contributed by atoms with E-state index in [2.05, 4.69) is 33.0 Å². The molecule has 0 aliphatic carbocycles. The Kier molecular flexibility index (Phi) is 6.60. The molecule has 0 aromatic carbocycles. The zero-order valence-electron chi connectivity index (χ0n) is 10.2. The Morgan fingerprint density at radius 3 is 2.29 bits per heavy atom. The van der Waals surface area contributed by atoms with Gasteiger partial charge in [-0.3, -0.25) is 4.79 Å². The monoisotopic (exact) mass is 199 g/mol. The first kappa shape index (κ1) is 13.5. The normalized spacial score (nSPS) is 11.4. The molecule has 0 aromatic rings. The van der Waals surface area contributed by atoms with Crippen molar-refractivity contribution in [2.45, 2.75) is 59.8 Å². The van der Waals surface area contributed by atoms with Crippen LogP contribution in [-0.4, -0.2) is 12.5 Å². The summed E-state index contributed by atoms with van der Waals surface area (Å²) in [5, 5.41) is 2.96. The lowest BCUT2D eigenvalue weighted by molar-refractivity contribution is -0.122. The summed E-state index contributed by atoms with van der Waals surface area (Å²) in [7, 11) is 0. The molecule has 0 spiro atoms. The van der Waals surface area contributed by atoms with Crippen molar-refractivity contribution in [3.63, 3.8) is 0 Å². The maximum atomic E-state index is 11.4. The lowest BCUT2D eigenvalue weighted by Gasteiger charge is -2.17. The summed E-state index contributed by atoms with van der Waals surface area (Å²) < 4.78 is 0. The molecule has 0 fully saturated rings. The minimum Gasteiger partial charge on any atom is -0.356 e. The third kappa shape index (κ3) is 9.56. The predicted octanol–water partition coefficient (Wildman–Crippen LogP) is 3.12. The van der Waals surface area contributed by atoms with E-state index in [4.69, 9.17) is 0 Å². The smallest absolute Gasteiger partial charge is 0.220 e. The van der Waals surface area contributed by atoms with Crippen molar-refractivity contribution in [1.29, 1.82) is 0 Å². The number of unbranched alkanes of at least 4 members (excludes halogenated alkanes) is 3. The molecule has 2 nitrogen and oxygen atoms in total. The van der Waals surface area contributed by atoms with Gasteiger partial charge in [0.1, 0.15) is 0 Å². The lowest BCUT2D eigenvalue weighted by atomic mass is 9.92. The number of amides is 1. The van der Waals surface area contributed by atoms with Crippen molar-refractivity contribution >= 4 is 5.91 Å². The highest BCUT2D eigenvalue weighted by Crippen LogP contribution is 2.17. The molecule has 2 heteroatoms. The SMILES string of the molecule is CCCCCCNC(=O)CC(C)(C)C. The molecule has 84 valence electrons. The summed E-state index contributed by atoms with van der Waals surface area (Å²) in [5.41, 5.74) is 0.105. The molecule has 1 amide bonds. The molecule has 1 N–H and O–H groups in total. The molecule has 0 aliphatic heterocycles. The minimum atomic E-state index is 0.105. The standard InChI is InChI=1S/C12H25NO/c1-5-6-7-8-9-13-11(14)10-12(2,3)4/h5-10H2,1-4H3,(H,13,14). The highest BCUT2D eigenvalue weighted by Gasteiger charge is 2.14. The second-order valence-electron chi connectivity index (χ2n) is 5.15. The first-order chi connectivity index (χ1) is 6.45. The van der Waals surface area contributed by atoms with Crippen LogP contribution in [0.2, 0.25) is 0 Å². The highest BCUT2D eigenvalue weighted by molar-refractivity contribution is 5.76. The Balaban J connectivity index is 3.36. The summed E-state index contributed by atoms with van der Waals surface area (Å²) in [4.78, 5) is 11.4. The largest absolute Gasteiger partial charge is 0.356 e. The lowest BCUT2D eigenvalue weighted by Crippen LogP contribution is -2.28. The van der Waals surface area contributed by atoms with Gasteiger partial charge in [0.05, 0.1) is 0 Å². The van der Waals surface area contributed by atoms with Crippen LogP contribution < -0.4 is 5.32 Å². The Labute approximate surface area is 88.5 Å². The average Bonchev–Trinajstić information content (AvgIpc) is 2.00. The van der Waals surface area contributed by atoms with Gasteiger partial charge in [-0.05, 0) is 11.8 Å². The van der Waals surface area contributed by atoms with Crippen LogP contribution in [0.3, 0.4) is 0 Å². The van der Waals surface area contributed by atoms with Crippen molar-refractivity contribution in [3.8, 4) is 0 Å². The molecule has 0 saturated carbocycles. The van der Waals surface area contributed by atoms with Gasteiger partial charge in [0.25, 0.3) is 0 Å². The molecule has 14 heavy (non-hydrogen) atoms. The fraction of sp³-hybridized carbons (Fsp3) is 0.917. The van der Waals surface area contributed by atoms with Gasteiger partial charge in [0.2, 0.25) is 5.91 Å². The average molecular weight is 199 g/mol. The van der Waals surface area contributed by atoms with Crippen LogP contribution in [0.4, 0.5) is 0 Å². The summed E-state index contributed by atoms with van der Waals surface area (Å²) in [6, 6.07) is 0. The summed E-state index contributed by atoms with van der Waals surface area (Å²) in [6.45, 7) is 9.30. The van der Waals surface area contributed by atoms with Crippen molar-refractivity contribution < 1.29 is 4.79 Å². The molecule has 0 radical (unpaired) electrons. The van der Waals surface area contributed by atoms with Crippen LogP contribution in [0.15, 0.2) is 0 Å². The quantitative estimate of drug-likeness (QED) is 0.654. The molecule has 0 bridgehead atoms. The third-order valence-electron chi connectivity index (χ3n) is 2.04. The number of hydrogen-bond donors (Lipinski definition) is 1. The molecule has 0 aromatic heterocycles. The maximum Gasteiger partial charge on any atom is 0.220 e. The molecular formula is C12H25NO. The van der Waals surface area contributed by atoms with E-state index in [0.717, 1.165) is 13.0 Å². The summed E-state index contributed by atoms with van der Waals surface area (Å²) in [6.07, 6.45) is 5.49. The zero-order chi connectivity index (χ0) is 11.0. The van der Waals surface area contributed by atoms with Crippen LogP contribution in [0.1, 0.15) is 59.8 Å². The van der Waals surface area contributed by atoms with Crippen molar-refractivity contribution in [3.05, 3.63) is 0 Å². The van der Waals surface area contributed by atoms with E-state index in [1.54, 1.807) is 0 Å². The molecule has 0 atom stereocenters. The zero-order valence-corrected chi connectivity index (χ0v) is 10.2. The van der Waals surface area contributed by atoms with E-state index < -0.39 is 0 Å². The van der Waals surface area contributed by atoms with Gasteiger partial charge in [-0.1, -0.05) is 47.0 Å². The minimum absolute atomic E-state index is 0.105. The second kappa shape index (κ2) is 6.86. The number of carbonyl (C=O) groups is 1. The van der Waals surface area contributed by atoms with Gasteiger partial charge in [-0.15, -0.1) is 0 Å². The number of hydrogen-bond acceptors (Lipinski definition) is 1. The molecule has 0 heterocycles. The molecule has 0 rings (SSSR count). The Morgan fingerprint density at radius 2 is 1.79 bits per heavy atom. The summed E-state index contributed by atoms with van der Waals surface area (Å²) >= 11 is 0. The Morgan fingerprint density at radius 1 is 1.14 bits per heavy atom. The first-order valence-electron chi connectivity index (χ1n) is 5.72. The Hall–Kier alpha value is -0.530. The molecule has 0 unspecified atom stereocenters. The Bertz CT molecular complexity index is 158. The topological polar surface area (TPSA) is 29.1 Å². The van der Waals surface area contributed by atoms with Gasteiger partial charge >= 0.3 is 0 Å². The summed E-state index contributed by atoms with van der Waals surface area (Å²) in [5.74, 6) is 0.189. The van der Waals surface area contributed by atoms with E-state index in [9.17, 15) is 4.79 Å². The first-order valence-corrected chi connectivity index (χ1v) is 5.72. The molecular weight excluding hydrogens is 174 g/mol. The van der Waals surface area contributed by atoms with E-state index in [0.29, 0.717) is 6.42 Å². The van der Waals surface area contributed by atoms with Crippen molar-refractivity contribution in [2.24, 2.45) is 5.41 Å². The van der Waals surface area contributed by atoms with Crippen LogP contribution in [0, 0.1) is 5.41 Å². The third-order valence-corrected chi connectivity index (χ3v) is 2.04. The van der Waals surface area contributed by atoms with Gasteiger partial charge in [0.15, 0.2) is 0 Å². The van der Waals surface area contributed by atoms with E-state index in [1.807, 2.05) is 0 Å². The highest BCUT2D eigenvalue weighted by atomic mass is 16.1. The van der Waals surface area contributed by atoms with Crippen LogP contribution >= 0.6 is 0 Å². The van der Waals surface area contributed by atoms with Crippen LogP contribution in [0.25, 0.3) is 0 Å². The van der Waals surface area contributed by atoms with E-state index >= 15 is 0 Å². The van der Waals surface area contributed by atoms with Gasteiger partial charge in [-0.2, -0.15) is 0 Å². The van der Waals surface area contributed by atoms with Crippen LogP contribution in [-0.2, 0) is 4.79 Å². The fourth-order valence-electron chi connectivity index (χ4n) is 1.32. The van der Waals surface area contributed by atoms with Gasteiger partial charge in [-0.25, -0.2) is 0 Å². The van der Waals surface area contributed by atoms with Gasteiger partial charge < -0.3 is 5.32 Å².